The third-order valence-electron chi connectivity index (χ3n) is 2.62. The minimum Gasteiger partial charge on any atom is -0.439 e. The Bertz CT molecular complexity index is 541. The summed E-state index contributed by atoms with van der Waals surface area (Å²) in [6.45, 7) is 2.39. The number of hydrogen-bond donors (Lipinski definition) is 2. The zero-order valence-corrected chi connectivity index (χ0v) is 10.3. The summed E-state index contributed by atoms with van der Waals surface area (Å²) in [6, 6.07) is 9.25. The number of aryl methyl sites for hydroxylation is 1. The van der Waals surface area contributed by atoms with E-state index in [0.717, 1.165) is 16.7 Å². The molecule has 0 aliphatic heterocycles. The molecule has 0 bridgehead atoms. The Kier molecular flexibility index (Phi) is 3.92. The second-order valence-corrected chi connectivity index (χ2v) is 4.08. The number of aliphatic hydroxyl groups is 1. The SMILES string of the molecule is Cc1cc(CN)cnc1Oc1cccc(CO)c1. The number of pyridine rings is 1. The lowest BCUT2D eigenvalue weighted by molar-refractivity contribution is 0.281. The molecule has 0 atom stereocenters. The summed E-state index contributed by atoms with van der Waals surface area (Å²) in [5, 5.41) is 9.07. The molecule has 0 radical (unpaired) electrons. The van der Waals surface area contributed by atoms with E-state index in [1.807, 2.05) is 31.2 Å². The van der Waals surface area contributed by atoms with Crippen molar-refractivity contribution >= 4 is 0 Å². The highest BCUT2D eigenvalue weighted by Gasteiger charge is 2.04. The van der Waals surface area contributed by atoms with Gasteiger partial charge in [-0.1, -0.05) is 12.1 Å². The topological polar surface area (TPSA) is 68.4 Å². The number of nitrogens with zero attached hydrogens (tertiary/aromatic N) is 1. The highest BCUT2D eigenvalue weighted by atomic mass is 16.5. The second kappa shape index (κ2) is 5.62. The Labute approximate surface area is 106 Å². The van der Waals surface area contributed by atoms with Crippen molar-refractivity contribution in [2.45, 2.75) is 20.1 Å². The fourth-order valence-corrected chi connectivity index (χ4v) is 1.66. The van der Waals surface area contributed by atoms with Gasteiger partial charge in [0.25, 0.3) is 0 Å². The molecule has 94 valence electrons. The zero-order chi connectivity index (χ0) is 13.0. The van der Waals surface area contributed by atoms with E-state index in [9.17, 15) is 0 Å². The van der Waals surface area contributed by atoms with Gasteiger partial charge in [0.05, 0.1) is 6.61 Å². The molecule has 18 heavy (non-hydrogen) atoms. The third kappa shape index (κ3) is 2.85. The van der Waals surface area contributed by atoms with Gasteiger partial charge in [-0.2, -0.15) is 0 Å². The molecule has 4 nitrogen and oxygen atoms in total. The van der Waals surface area contributed by atoms with E-state index < -0.39 is 0 Å². The van der Waals surface area contributed by atoms with E-state index in [-0.39, 0.29) is 6.61 Å². The lowest BCUT2D eigenvalue weighted by Crippen LogP contribution is -1.99. The molecule has 0 aliphatic carbocycles. The minimum absolute atomic E-state index is 0.00424. The van der Waals surface area contributed by atoms with Crippen molar-refractivity contribution in [3.63, 3.8) is 0 Å². The lowest BCUT2D eigenvalue weighted by Gasteiger charge is -2.09. The van der Waals surface area contributed by atoms with Crippen molar-refractivity contribution in [2.24, 2.45) is 5.73 Å². The molecule has 0 unspecified atom stereocenters. The number of nitrogens with two attached hydrogens (primary N) is 1. The van der Waals surface area contributed by atoms with Crippen LogP contribution in [0.1, 0.15) is 16.7 Å². The van der Waals surface area contributed by atoms with Crippen molar-refractivity contribution in [3.8, 4) is 11.6 Å². The van der Waals surface area contributed by atoms with Crippen LogP contribution in [0.3, 0.4) is 0 Å². The first kappa shape index (κ1) is 12.5. The number of rotatable bonds is 4. The Morgan fingerprint density at radius 3 is 2.78 bits per heavy atom. The van der Waals surface area contributed by atoms with Gasteiger partial charge in [0.1, 0.15) is 5.75 Å². The molecule has 1 heterocycles. The number of aliphatic hydroxyl groups excluding tert-OH is 1. The van der Waals surface area contributed by atoms with Gasteiger partial charge < -0.3 is 15.6 Å². The minimum atomic E-state index is -0.00424. The second-order valence-electron chi connectivity index (χ2n) is 4.08. The van der Waals surface area contributed by atoms with E-state index in [1.54, 1.807) is 12.3 Å². The molecule has 1 aromatic heterocycles. The maximum absolute atomic E-state index is 9.07. The first-order valence-corrected chi connectivity index (χ1v) is 5.76. The molecule has 0 saturated carbocycles. The molecule has 0 fully saturated rings. The van der Waals surface area contributed by atoms with E-state index in [1.165, 1.54) is 0 Å². The van der Waals surface area contributed by atoms with Gasteiger partial charge in [-0.3, -0.25) is 0 Å². The molecule has 3 N–H and O–H groups in total. The summed E-state index contributed by atoms with van der Waals surface area (Å²) in [6.07, 6.45) is 1.71. The van der Waals surface area contributed by atoms with Gasteiger partial charge in [0.2, 0.25) is 5.88 Å². The summed E-state index contributed by atoms with van der Waals surface area (Å²) in [7, 11) is 0. The van der Waals surface area contributed by atoms with E-state index in [0.29, 0.717) is 18.2 Å². The highest BCUT2D eigenvalue weighted by Crippen LogP contribution is 2.23. The molecular weight excluding hydrogens is 228 g/mol. The molecule has 1 aromatic carbocycles. The van der Waals surface area contributed by atoms with Crippen LogP contribution in [0.2, 0.25) is 0 Å². The Morgan fingerprint density at radius 1 is 1.28 bits per heavy atom. The maximum Gasteiger partial charge on any atom is 0.222 e. The van der Waals surface area contributed by atoms with Crippen LogP contribution in [0.4, 0.5) is 0 Å². The first-order valence-electron chi connectivity index (χ1n) is 5.76. The molecule has 0 amide bonds. The monoisotopic (exact) mass is 244 g/mol. The van der Waals surface area contributed by atoms with Crippen LogP contribution in [0.25, 0.3) is 0 Å². The van der Waals surface area contributed by atoms with Crippen molar-refractivity contribution in [2.75, 3.05) is 0 Å². The van der Waals surface area contributed by atoms with Crippen LogP contribution in [0, 0.1) is 6.92 Å². The van der Waals surface area contributed by atoms with E-state index in [2.05, 4.69) is 4.98 Å². The van der Waals surface area contributed by atoms with Crippen LogP contribution in [-0.4, -0.2) is 10.1 Å². The van der Waals surface area contributed by atoms with Crippen LogP contribution in [-0.2, 0) is 13.2 Å². The van der Waals surface area contributed by atoms with Crippen LogP contribution in [0.15, 0.2) is 36.5 Å². The summed E-state index contributed by atoms with van der Waals surface area (Å²) in [4.78, 5) is 4.24. The van der Waals surface area contributed by atoms with Gasteiger partial charge in [-0.15, -0.1) is 0 Å². The molecular formula is C14H16N2O2. The van der Waals surface area contributed by atoms with Crippen LogP contribution < -0.4 is 10.5 Å². The molecule has 0 aliphatic rings. The van der Waals surface area contributed by atoms with Gasteiger partial charge in [0.15, 0.2) is 0 Å². The Morgan fingerprint density at radius 2 is 2.11 bits per heavy atom. The maximum atomic E-state index is 9.07. The van der Waals surface area contributed by atoms with Crippen molar-refractivity contribution in [3.05, 3.63) is 53.2 Å². The van der Waals surface area contributed by atoms with Crippen LogP contribution >= 0.6 is 0 Å². The molecule has 0 spiro atoms. The predicted molar refractivity (Wildman–Crippen MR) is 69.3 cm³/mol. The average molecular weight is 244 g/mol. The number of hydrogen-bond acceptors (Lipinski definition) is 4. The summed E-state index contributed by atoms with van der Waals surface area (Å²) >= 11 is 0. The Balaban J connectivity index is 2.22. The number of ether oxygens (including phenoxy) is 1. The van der Waals surface area contributed by atoms with Gasteiger partial charge in [-0.25, -0.2) is 4.98 Å². The summed E-state index contributed by atoms with van der Waals surface area (Å²) < 4.78 is 5.69. The third-order valence-corrected chi connectivity index (χ3v) is 2.62. The number of aromatic nitrogens is 1. The first-order chi connectivity index (χ1) is 8.72. The Hall–Kier alpha value is -1.91. The van der Waals surface area contributed by atoms with Gasteiger partial charge in [0, 0.05) is 18.3 Å². The van der Waals surface area contributed by atoms with Crippen LogP contribution in [0.5, 0.6) is 11.6 Å². The largest absolute Gasteiger partial charge is 0.439 e. The van der Waals surface area contributed by atoms with Gasteiger partial charge in [-0.05, 0) is 36.2 Å². The summed E-state index contributed by atoms with van der Waals surface area (Å²) in [5.74, 6) is 1.22. The van der Waals surface area contributed by atoms with Crippen molar-refractivity contribution in [1.82, 2.24) is 4.98 Å². The normalized spacial score (nSPS) is 10.4. The van der Waals surface area contributed by atoms with Crippen molar-refractivity contribution in [1.29, 1.82) is 0 Å². The summed E-state index contributed by atoms with van der Waals surface area (Å²) in [5.41, 5.74) is 8.27. The lowest BCUT2D eigenvalue weighted by atomic mass is 10.2. The standard InChI is InChI=1S/C14H16N2O2/c1-10-5-12(7-15)8-16-14(10)18-13-4-2-3-11(6-13)9-17/h2-6,8,17H,7,9,15H2,1H3. The predicted octanol–water partition coefficient (Wildman–Crippen LogP) is 2.13. The van der Waals surface area contributed by atoms with Crippen molar-refractivity contribution < 1.29 is 9.84 Å². The quantitative estimate of drug-likeness (QED) is 0.864. The molecule has 0 saturated heterocycles. The number of benzene rings is 1. The van der Waals surface area contributed by atoms with E-state index in [4.69, 9.17) is 15.6 Å². The average Bonchev–Trinajstić information content (AvgIpc) is 2.41. The fraction of sp³-hybridized carbons (Fsp3) is 0.214. The fourth-order valence-electron chi connectivity index (χ4n) is 1.66. The van der Waals surface area contributed by atoms with E-state index >= 15 is 0 Å². The molecule has 2 rings (SSSR count). The zero-order valence-electron chi connectivity index (χ0n) is 10.3. The van der Waals surface area contributed by atoms with Gasteiger partial charge >= 0.3 is 0 Å². The molecule has 2 aromatic rings. The molecule has 4 heteroatoms. The highest BCUT2D eigenvalue weighted by molar-refractivity contribution is 5.35. The smallest absolute Gasteiger partial charge is 0.222 e.